The number of rotatable bonds is 6. The highest BCUT2D eigenvalue weighted by Gasteiger charge is 2.28. The van der Waals surface area contributed by atoms with Crippen molar-refractivity contribution in [3.05, 3.63) is 26.7 Å². The second kappa shape index (κ2) is 7.21. The molecule has 9 heteroatoms. The van der Waals surface area contributed by atoms with E-state index in [4.69, 9.17) is 33.4 Å². The molecule has 0 aliphatic carbocycles. The zero-order chi connectivity index (χ0) is 14.6. The van der Waals surface area contributed by atoms with Crippen LogP contribution in [0.1, 0.15) is 0 Å². The highest BCUT2D eigenvalue weighted by molar-refractivity contribution is 9.10. The van der Waals surface area contributed by atoms with Crippen LogP contribution in [0.2, 0.25) is 10.0 Å². The largest absolute Gasteiger partial charge is 0.395 e. The second-order valence-corrected chi connectivity index (χ2v) is 7.15. The highest BCUT2D eigenvalue weighted by atomic mass is 79.9. The highest BCUT2D eigenvalue weighted by Crippen LogP contribution is 2.34. The number of halogens is 3. The van der Waals surface area contributed by atoms with E-state index in [1.807, 2.05) is 0 Å². The van der Waals surface area contributed by atoms with Crippen molar-refractivity contribution in [2.45, 2.75) is 4.90 Å². The molecule has 1 aromatic carbocycles. The van der Waals surface area contributed by atoms with Crippen LogP contribution in [0, 0.1) is 0 Å². The SMILES string of the molecule is O=S(=O)(c1c(Cl)cc(Br)cc1Cl)N(CCO)CCO. The molecule has 0 unspecified atom stereocenters. The minimum absolute atomic E-state index is 0.0275. The van der Waals surface area contributed by atoms with Crippen LogP contribution in [0.4, 0.5) is 0 Å². The third-order valence-corrected chi connectivity index (χ3v) is 5.54. The van der Waals surface area contributed by atoms with Gasteiger partial charge in [0.1, 0.15) is 4.90 Å². The molecule has 0 atom stereocenters. The van der Waals surface area contributed by atoms with Gasteiger partial charge >= 0.3 is 0 Å². The van der Waals surface area contributed by atoms with Gasteiger partial charge in [-0.15, -0.1) is 0 Å². The van der Waals surface area contributed by atoms with E-state index >= 15 is 0 Å². The maximum absolute atomic E-state index is 12.4. The molecule has 0 aliphatic rings. The van der Waals surface area contributed by atoms with Crippen molar-refractivity contribution < 1.29 is 18.6 Å². The summed E-state index contributed by atoms with van der Waals surface area (Å²) in [5.41, 5.74) is 0. The van der Waals surface area contributed by atoms with E-state index in [1.54, 1.807) is 0 Å². The number of benzene rings is 1. The summed E-state index contributed by atoms with van der Waals surface area (Å²) >= 11 is 15.0. The van der Waals surface area contributed by atoms with Gasteiger partial charge < -0.3 is 10.2 Å². The quantitative estimate of drug-likeness (QED) is 0.772. The van der Waals surface area contributed by atoms with Gasteiger partial charge in [0.2, 0.25) is 10.0 Å². The molecule has 0 radical (unpaired) electrons. The van der Waals surface area contributed by atoms with E-state index in [1.165, 1.54) is 12.1 Å². The number of hydrogen-bond donors (Lipinski definition) is 2. The molecule has 0 spiro atoms. The maximum Gasteiger partial charge on any atom is 0.246 e. The molecule has 1 aromatic rings. The van der Waals surface area contributed by atoms with Crippen LogP contribution in [0.25, 0.3) is 0 Å². The lowest BCUT2D eigenvalue weighted by Crippen LogP contribution is -2.36. The van der Waals surface area contributed by atoms with Crippen molar-refractivity contribution in [2.75, 3.05) is 26.3 Å². The summed E-state index contributed by atoms with van der Waals surface area (Å²) in [5.74, 6) is 0. The van der Waals surface area contributed by atoms with Crippen molar-refractivity contribution in [1.29, 1.82) is 0 Å². The zero-order valence-corrected chi connectivity index (χ0v) is 13.6. The second-order valence-electron chi connectivity index (χ2n) is 3.55. The first kappa shape index (κ1) is 17.2. The van der Waals surface area contributed by atoms with Gasteiger partial charge in [0, 0.05) is 17.6 Å². The predicted molar refractivity (Wildman–Crippen MR) is 77.1 cm³/mol. The summed E-state index contributed by atoms with van der Waals surface area (Å²) in [7, 11) is -3.97. The van der Waals surface area contributed by atoms with E-state index in [0.717, 1.165) is 4.31 Å². The molecule has 1 rings (SSSR count). The topological polar surface area (TPSA) is 77.8 Å². The van der Waals surface area contributed by atoms with E-state index < -0.39 is 10.0 Å². The predicted octanol–water partition coefficient (Wildman–Crippen LogP) is 1.73. The molecule has 0 heterocycles. The minimum Gasteiger partial charge on any atom is -0.395 e. The Kier molecular flexibility index (Phi) is 6.52. The van der Waals surface area contributed by atoms with E-state index in [2.05, 4.69) is 15.9 Å². The third kappa shape index (κ3) is 4.04. The molecular weight excluding hydrogens is 381 g/mol. The lowest BCUT2D eigenvalue weighted by Gasteiger charge is -2.21. The standard InChI is InChI=1S/C10H12BrCl2NO4S/c11-7-5-8(12)10(9(13)6-7)19(17,18)14(1-3-15)2-4-16/h5-6,15-16H,1-4H2. The van der Waals surface area contributed by atoms with Gasteiger partial charge in [0.25, 0.3) is 0 Å². The van der Waals surface area contributed by atoms with Gasteiger partial charge in [-0.05, 0) is 12.1 Å². The summed E-state index contributed by atoms with van der Waals surface area (Å²) < 4.78 is 26.2. The average molecular weight is 393 g/mol. The Labute approximate surface area is 129 Å². The fraction of sp³-hybridized carbons (Fsp3) is 0.400. The van der Waals surface area contributed by atoms with E-state index in [-0.39, 0.29) is 41.2 Å². The molecular formula is C10H12BrCl2NO4S. The summed E-state index contributed by atoms with van der Waals surface area (Å²) in [6.07, 6.45) is 0. The first-order valence-corrected chi connectivity index (χ1v) is 8.20. The van der Waals surface area contributed by atoms with Crippen LogP contribution < -0.4 is 0 Å². The fourth-order valence-electron chi connectivity index (χ4n) is 1.48. The maximum atomic E-state index is 12.4. The summed E-state index contributed by atoms with van der Waals surface area (Å²) in [5, 5.41) is 17.7. The summed E-state index contributed by atoms with van der Waals surface area (Å²) in [4.78, 5) is -0.235. The first-order chi connectivity index (χ1) is 8.84. The lowest BCUT2D eigenvalue weighted by atomic mass is 10.4. The fourth-order valence-corrected chi connectivity index (χ4v) is 4.79. The van der Waals surface area contributed by atoms with Gasteiger partial charge in [0.15, 0.2) is 0 Å². The van der Waals surface area contributed by atoms with Crippen molar-refractivity contribution >= 4 is 49.2 Å². The molecule has 0 aliphatic heterocycles. The van der Waals surface area contributed by atoms with E-state index in [0.29, 0.717) is 4.47 Å². The van der Waals surface area contributed by atoms with Crippen LogP contribution in [0.15, 0.2) is 21.5 Å². The zero-order valence-electron chi connectivity index (χ0n) is 9.68. The number of hydrogen-bond acceptors (Lipinski definition) is 4. The summed E-state index contributed by atoms with van der Waals surface area (Å²) in [6, 6.07) is 2.83. The van der Waals surface area contributed by atoms with Crippen LogP contribution in [-0.4, -0.2) is 49.2 Å². The molecule has 2 N–H and O–H groups in total. The number of sulfonamides is 1. The Bertz CT molecular complexity index is 523. The molecule has 5 nitrogen and oxygen atoms in total. The third-order valence-electron chi connectivity index (χ3n) is 2.26. The van der Waals surface area contributed by atoms with E-state index in [9.17, 15) is 8.42 Å². The van der Waals surface area contributed by atoms with Gasteiger partial charge in [-0.25, -0.2) is 8.42 Å². The van der Waals surface area contributed by atoms with Crippen molar-refractivity contribution in [3.8, 4) is 0 Å². The minimum atomic E-state index is -3.97. The van der Waals surface area contributed by atoms with Crippen LogP contribution >= 0.6 is 39.1 Å². The Hall–Kier alpha value is 0.110. The molecule has 0 saturated heterocycles. The number of aliphatic hydroxyl groups excluding tert-OH is 2. The van der Waals surface area contributed by atoms with Crippen molar-refractivity contribution in [1.82, 2.24) is 4.31 Å². The van der Waals surface area contributed by atoms with Gasteiger partial charge in [-0.1, -0.05) is 39.1 Å². The van der Waals surface area contributed by atoms with Gasteiger partial charge in [-0.3, -0.25) is 0 Å². The molecule has 108 valence electrons. The Morgan fingerprint density at radius 1 is 1.11 bits per heavy atom. The smallest absolute Gasteiger partial charge is 0.246 e. The molecule has 0 fully saturated rings. The number of nitrogens with zero attached hydrogens (tertiary/aromatic N) is 1. The van der Waals surface area contributed by atoms with Crippen LogP contribution in [-0.2, 0) is 10.0 Å². The Morgan fingerprint density at radius 3 is 1.89 bits per heavy atom. The molecule has 0 saturated carbocycles. The first-order valence-electron chi connectivity index (χ1n) is 5.21. The average Bonchev–Trinajstić information content (AvgIpc) is 2.26. The number of aliphatic hydroxyl groups is 2. The van der Waals surface area contributed by atoms with Crippen LogP contribution in [0.3, 0.4) is 0 Å². The molecule has 0 amide bonds. The van der Waals surface area contributed by atoms with Gasteiger partial charge in [-0.2, -0.15) is 4.31 Å². The summed E-state index contributed by atoms with van der Waals surface area (Å²) in [6.45, 7) is -1.03. The van der Waals surface area contributed by atoms with Crippen molar-refractivity contribution in [3.63, 3.8) is 0 Å². The van der Waals surface area contributed by atoms with Crippen molar-refractivity contribution in [2.24, 2.45) is 0 Å². The Balaban J connectivity index is 3.33. The monoisotopic (exact) mass is 391 g/mol. The molecule has 19 heavy (non-hydrogen) atoms. The lowest BCUT2D eigenvalue weighted by molar-refractivity contribution is 0.217. The molecule has 0 bridgehead atoms. The normalized spacial score (nSPS) is 12.1. The van der Waals surface area contributed by atoms with Crippen LogP contribution in [0.5, 0.6) is 0 Å². The van der Waals surface area contributed by atoms with Gasteiger partial charge in [0.05, 0.1) is 23.3 Å². The Morgan fingerprint density at radius 2 is 1.53 bits per heavy atom. The molecule has 0 aromatic heterocycles.